The van der Waals surface area contributed by atoms with Gasteiger partial charge in [0.05, 0.1) is 6.57 Å². The Hall–Kier alpha value is -6.62. The number of furan rings is 2. The van der Waals surface area contributed by atoms with E-state index in [-0.39, 0.29) is 11.8 Å². The van der Waals surface area contributed by atoms with Gasteiger partial charge in [0, 0.05) is 33.4 Å². The van der Waals surface area contributed by atoms with Crippen molar-refractivity contribution in [3.63, 3.8) is 0 Å². The van der Waals surface area contributed by atoms with Gasteiger partial charge in [-0.25, -0.2) is 4.85 Å². The van der Waals surface area contributed by atoms with Gasteiger partial charge in [0.1, 0.15) is 34.3 Å². The lowest BCUT2D eigenvalue weighted by atomic mass is 9.87. The van der Waals surface area contributed by atoms with E-state index in [4.69, 9.17) is 15.4 Å². The van der Waals surface area contributed by atoms with E-state index in [0.29, 0.717) is 33.9 Å². The summed E-state index contributed by atoms with van der Waals surface area (Å²) in [5, 5.41) is 18.5. The Morgan fingerprint density at radius 3 is 1.79 bits per heavy atom. The van der Waals surface area contributed by atoms with Gasteiger partial charge in [-0.3, -0.25) is 0 Å². The van der Waals surface area contributed by atoms with Crippen LogP contribution in [0.25, 0.3) is 92.5 Å². The molecule has 52 heavy (non-hydrogen) atoms. The van der Waals surface area contributed by atoms with E-state index in [9.17, 15) is 5.26 Å². The van der Waals surface area contributed by atoms with Crippen LogP contribution in [0.1, 0.15) is 56.6 Å². The molecule has 248 valence electrons. The molecule has 0 saturated carbocycles. The molecule has 4 heteroatoms. The fourth-order valence-electron chi connectivity index (χ4n) is 7.88. The molecule has 9 aromatic rings. The molecule has 0 radical (unpaired) electrons. The van der Waals surface area contributed by atoms with Crippen LogP contribution >= 0.6 is 0 Å². The van der Waals surface area contributed by atoms with E-state index < -0.39 is 0 Å². The van der Waals surface area contributed by atoms with E-state index >= 15 is 0 Å². The number of nitriles is 1. The van der Waals surface area contributed by atoms with Crippen molar-refractivity contribution in [3.05, 3.63) is 150 Å². The summed E-state index contributed by atoms with van der Waals surface area (Å²) >= 11 is 0. The van der Waals surface area contributed by atoms with Gasteiger partial charge in [-0.05, 0) is 67.1 Å². The lowest BCUT2D eigenvalue weighted by molar-refractivity contribution is 0.521. The maximum absolute atomic E-state index is 10.6. The molecule has 0 fully saturated rings. The standard InChI is InChI=1S/C48H34N2O2/c1-27(2)45-41(26-49)39-24-38(34-22-17-29-11-6-7-13-33(29)23-34)43-42(47(39)51-45)37(25-40-44(50-5)46(28(3)4)52-48(40)43)32-20-18-31(19-21-32)36-16-10-14-30-12-8-9-15-35(30)36/h6-25,27-28H,1-4H3. The van der Waals surface area contributed by atoms with Crippen LogP contribution in [0.2, 0.25) is 0 Å². The molecule has 2 heterocycles. The average molecular weight is 671 g/mol. The van der Waals surface area contributed by atoms with Crippen LogP contribution in [0.4, 0.5) is 5.69 Å². The lowest BCUT2D eigenvalue weighted by Gasteiger charge is -2.15. The minimum Gasteiger partial charge on any atom is -0.472 e. The van der Waals surface area contributed by atoms with Crippen LogP contribution in [0.3, 0.4) is 0 Å². The smallest absolute Gasteiger partial charge is 0.235 e. The highest BCUT2D eigenvalue weighted by Crippen LogP contribution is 2.51. The van der Waals surface area contributed by atoms with Gasteiger partial charge in [-0.15, -0.1) is 0 Å². The fourth-order valence-corrected chi connectivity index (χ4v) is 7.88. The monoisotopic (exact) mass is 670 g/mol. The minimum atomic E-state index is -0.00162. The Balaban J connectivity index is 1.43. The molecule has 4 nitrogen and oxygen atoms in total. The highest BCUT2D eigenvalue weighted by molar-refractivity contribution is 6.27. The lowest BCUT2D eigenvalue weighted by Crippen LogP contribution is -1.90. The van der Waals surface area contributed by atoms with Crippen molar-refractivity contribution in [2.45, 2.75) is 39.5 Å². The van der Waals surface area contributed by atoms with E-state index in [1.54, 1.807) is 0 Å². The first-order chi connectivity index (χ1) is 25.4. The number of hydrogen-bond donors (Lipinski definition) is 0. The Bertz CT molecular complexity index is 2970. The summed E-state index contributed by atoms with van der Waals surface area (Å²) in [6.45, 7) is 16.5. The number of nitrogens with zero attached hydrogens (tertiary/aromatic N) is 2. The second-order valence-corrected chi connectivity index (χ2v) is 14.2. The van der Waals surface area contributed by atoms with Gasteiger partial charge >= 0.3 is 0 Å². The van der Waals surface area contributed by atoms with Gasteiger partial charge in [-0.1, -0.05) is 137 Å². The molecule has 0 amide bonds. The van der Waals surface area contributed by atoms with Crippen LogP contribution in [0.5, 0.6) is 0 Å². The van der Waals surface area contributed by atoms with E-state index in [0.717, 1.165) is 60.1 Å². The first-order valence-electron chi connectivity index (χ1n) is 17.7. The zero-order valence-electron chi connectivity index (χ0n) is 29.4. The second kappa shape index (κ2) is 12.0. The largest absolute Gasteiger partial charge is 0.472 e. The molecule has 0 aliphatic carbocycles. The minimum absolute atomic E-state index is 0.00162. The van der Waals surface area contributed by atoms with E-state index in [2.05, 4.69) is 148 Å². The van der Waals surface area contributed by atoms with Crippen LogP contribution in [-0.4, -0.2) is 0 Å². The molecule has 0 saturated heterocycles. The molecular weight excluding hydrogens is 637 g/mol. The summed E-state index contributed by atoms with van der Waals surface area (Å²) in [5.41, 5.74) is 8.52. The molecule has 0 unspecified atom stereocenters. The van der Waals surface area contributed by atoms with Crippen molar-refractivity contribution in [2.24, 2.45) is 0 Å². The molecule has 0 N–H and O–H groups in total. The summed E-state index contributed by atoms with van der Waals surface area (Å²) in [5.74, 6) is 1.33. The maximum atomic E-state index is 10.6. The van der Waals surface area contributed by atoms with E-state index in [1.807, 2.05) is 12.1 Å². The zero-order chi connectivity index (χ0) is 35.7. The van der Waals surface area contributed by atoms with Crippen LogP contribution in [-0.2, 0) is 0 Å². The highest BCUT2D eigenvalue weighted by Gasteiger charge is 2.28. The summed E-state index contributed by atoms with van der Waals surface area (Å²) < 4.78 is 13.5. The molecule has 0 aliphatic rings. The topological polar surface area (TPSA) is 54.4 Å². The molecule has 0 atom stereocenters. The van der Waals surface area contributed by atoms with Crippen molar-refractivity contribution in [3.8, 4) is 39.4 Å². The first-order valence-corrected chi connectivity index (χ1v) is 17.7. The summed E-state index contributed by atoms with van der Waals surface area (Å²) in [4.78, 5) is 4.05. The van der Waals surface area contributed by atoms with Gasteiger partial charge in [-0.2, -0.15) is 5.26 Å². The van der Waals surface area contributed by atoms with Gasteiger partial charge < -0.3 is 8.83 Å². The highest BCUT2D eigenvalue weighted by atomic mass is 16.3. The maximum Gasteiger partial charge on any atom is 0.235 e. The predicted molar refractivity (Wildman–Crippen MR) is 214 cm³/mol. The number of rotatable bonds is 5. The molecular formula is C48H34N2O2. The average Bonchev–Trinajstić information content (AvgIpc) is 3.75. The third kappa shape index (κ3) is 4.73. The quantitative estimate of drug-likeness (QED) is 0.171. The normalized spacial score (nSPS) is 11.8. The van der Waals surface area contributed by atoms with E-state index in [1.165, 1.54) is 16.3 Å². The Kier molecular flexibility index (Phi) is 7.25. The Labute approximate surface area is 302 Å². The Morgan fingerprint density at radius 1 is 0.538 bits per heavy atom. The molecule has 9 rings (SSSR count). The SMILES string of the molecule is [C-]#[N+]c1c(C(C)C)oc2c1cc(-c1ccc(-c3cccc4ccccc34)cc1)c1c3oc(C(C)C)c(C#N)c3cc(-c3ccc4ccccc4c3)c21. The van der Waals surface area contributed by atoms with Crippen molar-refractivity contribution in [1.82, 2.24) is 0 Å². The predicted octanol–water partition coefficient (Wildman–Crippen LogP) is 14.3. The molecule has 0 aliphatic heterocycles. The van der Waals surface area contributed by atoms with Crippen molar-refractivity contribution >= 4 is 59.9 Å². The molecule has 2 aromatic heterocycles. The summed E-state index contributed by atoms with van der Waals surface area (Å²) in [6, 6.07) is 45.0. The molecule has 0 bridgehead atoms. The molecule has 0 spiro atoms. The van der Waals surface area contributed by atoms with Crippen molar-refractivity contribution in [2.75, 3.05) is 0 Å². The molecule has 7 aromatic carbocycles. The van der Waals surface area contributed by atoms with Crippen molar-refractivity contribution in [1.29, 1.82) is 5.26 Å². The van der Waals surface area contributed by atoms with Gasteiger partial charge in [0.2, 0.25) is 5.69 Å². The Morgan fingerprint density at radius 2 is 1.10 bits per heavy atom. The summed E-state index contributed by atoms with van der Waals surface area (Å²) in [6.07, 6.45) is 0. The fraction of sp³-hybridized carbons (Fsp3) is 0.125. The number of hydrogen-bond acceptors (Lipinski definition) is 3. The van der Waals surface area contributed by atoms with Gasteiger partial charge in [0.25, 0.3) is 0 Å². The zero-order valence-corrected chi connectivity index (χ0v) is 29.4. The number of benzene rings is 7. The first kappa shape index (κ1) is 31.4. The third-order valence-corrected chi connectivity index (χ3v) is 10.4. The third-order valence-electron chi connectivity index (χ3n) is 10.4. The van der Waals surface area contributed by atoms with Crippen molar-refractivity contribution < 1.29 is 8.83 Å². The number of fused-ring (bicyclic) bond motifs is 7. The van der Waals surface area contributed by atoms with Crippen LogP contribution < -0.4 is 0 Å². The van der Waals surface area contributed by atoms with Crippen LogP contribution in [0, 0.1) is 17.9 Å². The van der Waals surface area contributed by atoms with Crippen LogP contribution in [0.15, 0.2) is 130 Å². The summed E-state index contributed by atoms with van der Waals surface area (Å²) in [7, 11) is 0. The van der Waals surface area contributed by atoms with Gasteiger partial charge in [0.15, 0.2) is 0 Å². The second-order valence-electron chi connectivity index (χ2n) is 14.2.